The Bertz CT molecular complexity index is 1120. The Kier molecular flexibility index (Phi) is 7.24. The highest BCUT2D eigenvalue weighted by Gasteiger charge is 2.17. The molecule has 0 radical (unpaired) electrons. The molecular formula is C21H22N6O5. The Morgan fingerprint density at radius 1 is 1.28 bits per heavy atom. The van der Waals surface area contributed by atoms with E-state index in [0.717, 1.165) is 11.1 Å². The van der Waals surface area contributed by atoms with E-state index in [4.69, 9.17) is 10.5 Å². The third kappa shape index (κ3) is 5.32. The van der Waals surface area contributed by atoms with E-state index in [1.165, 1.54) is 25.7 Å². The first-order valence-corrected chi connectivity index (χ1v) is 9.58. The van der Waals surface area contributed by atoms with Crippen LogP contribution in [0, 0.1) is 10.1 Å². The van der Waals surface area contributed by atoms with Gasteiger partial charge in [-0.25, -0.2) is 14.8 Å². The smallest absolute Gasteiger partial charge is 0.360 e. The van der Waals surface area contributed by atoms with Crippen LogP contribution in [0.1, 0.15) is 16.1 Å². The second-order valence-electron chi connectivity index (χ2n) is 6.78. The lowest BCUT2D eigenvalue weighted by atomic mass is 10.1. The molecule has 2 N–H and O–H groups in total. The third-order valence-corrected chi connectivity index (χ3v) is 4.63. The summed E-state index contributed by atoms with van der Waals surface area (Å²) >= 11 is 0. The van der Waals surface area contributed by atoms with Gasteiger partial charge in [0.1, 0.15) is 11.9 Å². The summed E-state index contributed by atoms with van der Waals surface area (Å²) in [6.07, 6.45) is 4.22. The quantitative estimate of drug-likeness (QED) is 0.229. The first-order valence-electron chi connectivity index (χ1n) is 9.58. The standard InChI is InChI=1S/C21H22N6O5/c1-26(17-6-7-23-12-18(17)27(29)30)8-9-32-13-14-4-3-5-15(10-14)16-11-24-20(22)19(25-16)21(28)31-2/h3-7,10-12H,8-9,13H2,1-2H3,(H2,22,24). The molecule has 166 valence electrons. The lowest BCUT2D eigenvalue weighted by Crippen LogP contribution is -2.23. The average Bonchev–Trinajstić information content (AvgIpc) is 2.81. The van der Waals surface area contributed by atoms with Gasteiger partial charge >= 0.3 is 11.7 Å². The molecule has 0 bridgehead atoms. The van der Waals surface area contributed by atoms with E-state index in [2.05, 4.69) is 19.7 Å². The van der Waals surface area contributed by atoms with Gasteiger partial charge in [-0.1, -0.05) is 18.2 Å². The van der Waals surface area contributed by atoms with Gasteiger partial charge in [-0.15, -0.1) is 0 Å². The Morgan fingerprint density at radius 2 is 2.09 bits per heavy atom. The fourth-order valence-electron chi connectivity index (χ4n) is 2.96. The molecule has 0 aliphatic heterocycles. The van der Waals surface area contributed by atoms with Crippen molar-refractivity contribution >= 4 is 23.2 Å². The number of aromatic nitrogens is 3. The van der Waals surface area contributed by atoms with Gasteiger partial charge in [0, 0.05) is 25.4 Å². The second-order valence-corrected chi connectivity index (χ2v) is 6.78. The number of carbonyl (C=O) groups excluding carboxylic acids is 1. The molecule has 0 aliphatic carbocycles. The number of likely N-dealkylation sites (N-methyl/N-ethyl adjacent to an activating group) is 1. The SMILES string of the molecule is COC(=O)c1nc(-c2cccc(COCCN(C)c3ccncc3[N+](=O)[O-])c2)cnc1N. The number of anilines is 2. The molecule has 0 spiro atoms. The van der Waals surface area contributed by atoms with Gasteiger partial charge in [0.05, 0.1) is 37.1 Å². The summed E-state index contributed by atoms with van der Waals surface area (Å²) in [7, 11) is 3.00. The lowest BCUT2D eigenvalue weighted by Gasteiger charge is -2.18. The van der Waals surface area contributed by atoms with Crippen molar-refractivity contribution in [2.45, 2.75) is 6.61 Å². The van der Waals surface area contributed by atoms with Gasteiger partial charge in [-0.3, -0.25) is 15.1 Å². The van der Waals surface area contributed by atoms with E-state index in [9.17, 15) is 14.9 Å². The number of esters is 1. The summed E-state index contributed by atoms with van der Waals surface area (Å²) in [5, 5.41) is 11.1. The maximum Gasteiger partial charge on any atom is 0.360 e. The maximum absolute atomic E-state index is 11.8. The number of ether oxygens (including phenoxy) is 2. The first kappa shape index (κ1) is 22.6. The zero-order valence-corrected chi connectivity index (χ0v) is 17.6. The summed E-state index contributed by atoms with van der Waals surface area (Å²) in [5.41, 5.74) is 8.19. The van der Waals surface area contributed by atoms with E-state index >= 15 is 0 Å². The van der Waals surface area contributed by atoms with Crippen LogP contribution in [0.25, 0.3) is 11.3 Å². The molecule has 11 nitrogen and oxygen atoms in total. The topological polar surface area (TPSA) is 147 Å². The van der Waals surface area contributed by atoms with Gasteiger partial charge in [0.25, 0.3) is 0 Å². The van der Waals surface area contributed by atoms with Crippen LogP contribution < -0.4 is 10.6 Å². The van der Waals surface area contributed by atoms with E-state index in [-0.39, 0.29) is 17.2 Å². The number of nitrogens with zero attached hydrogens (tertiary/aromatic N) is 5. The Labute approximate surface area is 184 Å². The van der Waals surface area contributed by atoms with Gasteiger partial charge in [0.2, 0.25) is 0 Å². The van der Waals surface area contributed by atoms with Crippen LogP contribution in [0.15, 0.2) is 48.9 Å². The highest BCUT2D eigenvalue weighted by Crippen LogP contribution is 2.25. The number of nitrogen functional groups attached to an aromatic ring is 1. The molecule has 11 heteroatoms. The first-order chi connectivity index (χ1) is 15.4. The normalized spacial score (nSPS) is 10.6. The molecule has 0 unspecified atom stereocenters. The number of hydrogen-bond acceptors (Lipinski definition) is 10. The van der Waals surface area contributed by atoms with Crippen LogP contribution in [0.4, 0.5) is 17.2 Å². The van der Waals surface area contributed by atoms with Gasteiger partial charge in [-0.2, -0.15) is 0 Å². The summed E-state index contributed by atoms with van der Waals surface area (Å²) in [6, 6.07) is 9.04. The zero-order chi connectivity index (χ0) is 23.1. The zero-order valence-electron chi connectivity index (χ0n) is 17.6. The van der Waals surface area contributed by atoms with Crippen LogP contribution in [0.5, 0.6) is 0 Å². The highest BCUT2D eigenvalue weighted by atomic mass is 16.6. The minimum atomic E-state index is -0.658. The Balaban J connectivity index is 1.62. The molecule has 0 atom stereocenters. The maximum atomic E-state index is 11.8. The van der Waals surface area contributed by atoms with Gasteiger partial charge in [0.15, 0.2) is 11.5 Å². The van der Waals surface area contributed by atoms with E-state index in [0.29, 0.717) is 31.1 Å². The van der Waals surface area contributed by atoms with Crippen LogP contribution in [0.2, 0.25) is 0 Å². The van der Waals surface area contributed by atoms with Crippen LogP contribution >= 0.6 is 0 Å². The number of pyridine rings is 1. The fraction of sp³-hybridized carbons (Fsp3) is 0.238. The van der Waals surface area contributed by atoms with Crippen molar-refractivity contribution < 1.29 is 19.2 Å². The molecule has 0 saturated carbocycles. The van der Waals surface area contributed by atoms with Crippen molar-refractivity contribution in [3.63, 3.8) is 0 Å². The number of methoxy groups -OCH3 is 1. The molecule has 3 aromatic rings. The number of nitrogens with two attached hydrogens (primary N) is 1. The highest BCUT2D eigenvalue weighted by molar-refractivity contribution is 5.92. The van der Waals surface area contributed by atoms with Crippen molar-refractivity contribution in [3.05, 3.63) is 70.3 Å². The molecule has 2 heterocycles. The number of hydrogen-bond donors (Lipinski definition) is 1. The van der Waals surface area contributed by atoms with E-state index in [1.807, 2.05) is 24.3 Å². The van der Waals surface area contributed by atoms with E-state index in [1.54, 1.807) is 18.0 Å². The molecule has 0 fully saturated rings. The monoisotopic (exact) mass is 438 g/mol. The molecule has 3 rings (SSSR count). The molecule has 0 amide bonds. The average molecular weight is 438 g/mol. The van der Waals surface area contributed by atoms with Gasteiger partial charge < -0.3 is 20.1 Å². The largest absolute Gasteiger partial charge is 0.464 e. The predicted molar refractivity (Wildman–Crippen MR) is 117 cm³/mol. The molecule has 32 heavy (non-hydrogen) atoms. The molecule has 0 aliphatic rings. The minimum Gasteiger partial charge on any atom is -0.464 e. The molecule has 0 saturated heterocycles. The van der Waals surface area contributed by atoms with Crippen LogP contribution in [0.3, 0.4) is 0 Å². The van der Waals surface area contributed by atoms with E-state index < -0.39 is 10.9 Å². The molecular weight excluding hydrogens is 416 g/mol. The Morgan fingerprint density at radius 3 is 2.84 bits per heavy atom. The minimum absolute atomic E-state index is 0.00126. The summed E-state index contributed by atoms with van der Waals surface area (Å²) in [6.45, 7) is 1.14. The van der Waals surface area contributed by atoms with Crippen LogP contribution in [-0.4, -0.2) is 53.2 Å². The molecule has 2 aromatic heterocycles. The second kappa shape index (κ2) is 10.3. The van der Waals surface area contributed by atoms with Crippen LogP contribution in [-0.2, 0) is 16.1 Å². The van der Waals surface area contributed by atoms with Crippen molar-refractivity contribution in [1.29, 1.82) is 0 Å². The van der Waals surface area contributed by atoms with Crippen molar-refractivity contribution in [1.82, 2.24) is 15.0 Å². The summed E-state index contributed by atoms with van der Waals surface area (Å²) in [4.78, 5) is 36.3. The number of carbonyl (C=O) groups is 1. The summed E-state index contributed by atoms with van der Waals surface area (Å²) < 4.78 is 10.4. The fourth-order valence-corrected chi connectivity index (χ4v) is 2.96. The molecule has 1 aromatic carbocycles. The Hall–Kier alpha value is -4.12. The van der Waals surface area contributed by atoms with Gasteiger partial charge in [-0.05, 0) is 17.7 Å². The van der Waals surface area contributed by atoms with Crippen molar-refractivity contribution in [2.75, 3.05) is 37.9 Å². The number of rotatable bonds is 9. The number of benzene rings is 1. The van der Waals surface area contributed by atoms with Crippen molar-refractivity contribution in [2.24, 2.45) is 0 Å². The number of nitro groups is 1. The van der Waals surface area contributed by atoms with Crippen molar-refractivity contribution in [3.8, 4) is 11.3 Å². The summed E-state index contributed by atoms with van der Waals surface area (Å²) in [5.74, 6) is -0.659. The predicted octanol–water partition coefficient (Wildman–Crippen LogP) is 2.47. The third-order valence-electron chi connectivity index (χ3n) is 4.63. The lowest BCUT2D eigenvalue weighted by molar-refractivity contribution is -0.384.